The van der Waals surface area contributed by atoms with E-state index in [4.69, 9.17) is 14.6 Å². The minimum atomic E-state index is -0.990. The van der Waals surface area contributed by atoms with E-state index in [9.17, 15) is 9.59 Å². The Morgan fingerprint density at radius 3 is 1.88 bits per heavy atom. The van der Waals surface area contributed by atoms with Gasteiger partial charge in [0.05, 0.1) is 12.0 Å². The number of ether oxygens (including phenoxy) is 2. The fraction of sp³-hybridized carbons (Fsp3) is 0.818. The zero-order valence-electron chi connectivity index (χ0n) is 10.9. The predicted molar refractivity (Wildman–Crippen MR) is 61.4 cm³/mol. The van der Waals surface area contributed by atoms with E-state index in [0.717, 1.165) is 0 Å². The topological polar surface area (TPSA) is 84.9 Å². The maximum absolute atomic E-state index is 11.8. The average Bonchev–Trinajstić information content (AvgIpc) is 2.28. The number of rotatable bonds is 7. The van der Waals surface area contributed by atoms with Gasteiger partial charge in [-0.25, -0.2) is 0 Å². The van der Waals surface area contributed by atoms with Gasteiger partial charge in [0, 0.05) is 20.1 Å². The van der Waals surface area contributed by atoms with E-state index in [-0.39, 0.29) is 11.9 Å². The fourth-order valence-electron chi connectivity index (χ4n) is 1.37. The third-order valence-corrected chi connectivity index (χ3v) is 2.80. The highest BCUT2D eigenvalue weighted by molar-refractivity contribution is 5.84. The molecule has 100 valence electrons. The normalized spacial score (nSPS) is 16.4. The van der Waals surface area contributed by atoms with E-state index in [1.165, 1.54) is 21.1 Å². The van der Waals surface area contributed by atoms with E-state index in [2.05, 4.69) is 5.32 Å². The van der Waals surface area contributed by atoms with Crippen LogP contribution in [0, 0.1) is 11.8 Å². The van der Waals surface area contributed by atoms with Crippen LogP contribution in [-0.4, -0.2) is 43.5 Å². The second kappa shape index (κ2) is 7.24. The molecule has 0 fully saturated rings. The zero-order chi connectivity index (χ0) is 13.6. The molecule has 0 aliphatic rings. The smallest absolute Gasteiger partial charge is 0.307 e. The number of hydrogen-bond acceptors (Lipinski definition) is 4. The first kappa shape index (κ1) is 15.9. The second-order valence-corrected chi connectivity index (χ2v) is 4.05. The van der Waals surface area contributed by atoms with Gasteiger partial charge in [0.15, 0.2) is 6.29 Å². The maximum Gasteiger partial charge on any atom is 0.307 e. The van der Waals surface area contributed by atoms with Gasteiger partial charge in [-0.15, -0.1) is 0 Å². The number of hydrogen-bond donors (Lipinski definition) is 2. The number of methoxy groups -OCH3 is 2. The van der Waals surface area contributed by atoms with Crippen molar-refractivity contribution in [1.29, 1.82) is 0 Å². The van der Waals surface area contributed by atoms with Gasteiger partial charge in [-0.3, -0.25) is 9.59 Å². The number of carbonyl (C=O) groups is 2. The lowest BCUT2D eigenvalue weighted by molar-refractivity contribution is -0.148. The number of aliphatic carboxylic acids is 1. The number of nitrogens with one attached hydrogen (secondary N) is 1. The van der Waals surface area contributed by atoms with E-state index >= 15 is 0 Å². The number of carboxylic acids is 1. The summed E-state index contributed by atoms with van der Waals surface area (Å²) in [5.74, 6) is -2.66. The standard InChI is InChI=1S/C11H21NO5/c1-6(7(2)10(14)15)9(13)12-8(3)11(16-4)17-5/h6-8,11H,1-5H3,(H,12,13)(H,14,15). The van der Waals surface area contributed by atoms with Gasteiger partial charge < -0.3 is 19.9 Å². The van der Waals surface area contributed by atoms with Gasteiger partial charge in [0.25, 0.3) is 0 Å². The Hall–Kier alpha value is -1.14. The Balaban J connectivity index is 4.38. The fourth-order valence-corrected chi connectivity index (χ4v) is 1.37. The number of carboxylic acid groups (broad SMARTS) is 1. The molecule has 1 amide bonds. The molecule has 0 aromatic rings. The summed E-state index contributed by atoms with van der Waals surface area (Å²) in [6, 6.07) is -0.346. The molecule has 17 heavy (non-hydrogen) atoms. The quantitative estimate of drug-likeness (QED) is 0.639. The molecule has 0 radical (unpaired) electrons. The third kappa shape index (κ3) is 4.70. The van der Waals surface area contributed by atoms with Crippen molar-refractivity contribution >= 4 is 11.9 Å². The van der Waals surface area contributed by atoms with Crippen LogP contribution in [0.15, 0.2) is 0 Å². The third-order valence-electron chi connectivity index (χ3n) is 2.80. The number of amides is 1. The van der Waals surface area contributed by atoms with Gasteiger partial charge >= 0.3 is 5.97 Å². The summed E-state index contributed by atoms with van der Waals surface area (Å²) in [4.78, 5) is 22.5. The molecule has 2 N–H and O–H groups in total. The molecule has 0 saturated carbocycles. The van der Waals surface area contributed by atoms with Crippen molar-refractivity contribution in [3.05, 3.63) is 0 Å². The van der Waals surface area contributed by atoms with E-state index in [1.807, 2.05) is 0 Å². The van der Waals surface area contributed by atoms with Crippen molar-refractivity contribution < 1.29 is 24.2 Å². The summed E-state index contributed by atoms with van der Waals surface area (Å²) in [5, 5.41) is 11.5. The minimum Gasteiger partial charge on any atom is -0.481 e. The molecule has 0 bridgehead atoms. The first-order valence-electron chi connectivity index (χ1n) is 5.43. The van der Waals surface area contributed by atoms with Crippen molar-refractivity contribution in [2.24, 2.45) is 11.8 Å². The molecule has 0 rings (SSSR count). The average molecular weight is 247 g/mol. The lowest BCUT2D eigenvalue weighted by Crippen LogP contribution is -2.46. The summed E-state index contributed by atoms with van der Waals surface area (Å²) in [6.45, 7) is 4.81. The van der Waals surface area contributed by atoms with Crippen molar-refractivity contribution in [3.63, 3.8) is 0 Å². The highest BCUT2D eigenvalue weighted by Crippen LogP contribution is 2.12. The zero-order valence-corrected chi connectivity index (χ0v) is 10.9. The van der Waals surface area contributed by atoms with Crippen LogP contribution in [0.3, 0.4) is 0 Å². The van der Waals surface area contributed by atoms with Gasteiger partial charge in [-0.05, 0) is 6.92 Å². The van der Waals surface area contributed by atoms with Crippen LogP contribution in [0.4, 0.5) is 0 Å². The molecular formula is C11H21NO5. The largest absolute Gasteiger partial charge is 0.481 e. The summed E-state index contributed by atoms with van der Waals surface area (Å²) < 4.78 is 9.99. The minimum absolute atomic E-state index is 0.327. The summed E-state index contributed by atoms with van der Waals surface area (Å²) in [5.41, 5.74) is 0. The molecule has 3 atom stereocenters. The van der Waals surface area contributed by atoms with Gasteiger partial charge in [0.2, 0.25) is 5.91 Å². The van der Waals surface area contributed by atoms with Crippen LogP contribution in [0.25, 0.3) is 0 Å². The van der Waals surface area contributed by atoms with Crippen LogP contribution in [0.2, 0.25) is 0 Å². The predicted octanol–water partition coefficient (Wildman–Crippen LogP) is 0.467. The maximum atomic E-state index is 11.8. The SMILES string of the molecule is COC(OC)C(C)NC(=O)C(C)C(C)C(=O)O. The Labute approximate surface area is 101 Å². The Bertz CT molecular complexity index is 265. The Kier molecular flexibility index (Phi) is 6.75. The van der Waals surface area contributed by atoms with Crippen molar-refractivity contribution in [2.45, 2.75) is 33.1 Å². The van der Waals surface area contributed by atoms with Crippen molar-refractivity contribution in [2.75, 3.05) is 14.2 Å². The van der Waals surface area contributed by atoms with Gasteiger partial charge in [-0.1, -0.05) is 13.8 Å². The van der Waals surface area contributed by atoms with E-state index < -0.39 is 24.1 Å². The molecule has 6 heteroatoms. The van der Waals surface area contributed by atoms with Crippen LogP contribution < -0.4 is 5.32 Å². The molecule has 0 aromatic carbocycles. The Morgan fingerprint density at radius 2 is 1.53 bits per heavy atom. The molecule has 0 aromatic heterocycles. The molecule has 0 aliphatic heterocycles. The van der Waals surface area contributed by atoms with Gasteiger partial charge in [-0.2, -0.15) is 0 Å². The number of carbonyl (C=O) groups excluding carboxylic acids is 1. The van der Waals surface area contributed by atoms with E-state index in [0.29, 0.717) is 0 Å². The highest BCUT2D eigenvalue weighted by Gasteiger charge is 2.28. The monoisotopic (exact) mass is 247 g/mol. The molecular weight excluding hydrogens is 226 g/mol. The first-order chi connectivity index (χ1) is 7.84. The molecule has 0 saturated heterocycles. The van der Waals surface area contributed by atoms with Crippen LogP contribution in [0.1, 0.15) is 20.8 Å². The molecule has 0 aliphatic carbocycles. The van der Waals surface area contributed by atoms with Crippen molar-refractivity contribution in [1.82, 2.24) is 5.32 Å². The molecule has 0 spiro atoms. The van der Waals surface area contributed by atoms with E-state index in [1.54, 1.807) is 13.8 Å². The van der Waals surface area contributed by atoms with Crippen LogP contribution in [-0.2, 0) is 19.1 Å². The lowest BCUT2D eigenvalue weighted by Gasteiger charge is -2.24. The van der Waals surface area contributed by atoms with Crippen LogP contribution >= 0.6 is 0 Å². The Morgan fingerprint density at radius 1 is 1.06 bits per heavy atom. The van der Waals surface area contributed by atoms with Crippen molar-refractivity contribution in [3.8, 4) is 0 Å². The van der Waals surface area contributed by atoms with Crippen LogP contribution in [0.5, 0.6) is 0 Å². The summed E-state index contributed by atoms with van der Waals surface area (Å²) in [6.07, 6.45) is -0.550. The molecule has 0 heterocycles. The summed E-state index contributed by atoms with van der Waals surface area (Å²) >= 11 is 0. The van der Waals surface area contributed by atoms with Gasteiger partial charge in [0.1, 0.15) is 0 Å². The molecule has 3 unspecified atom stereocenters. The summed E-state index contributed by atoms with van der Waals surface area (Å²) in [7, 11) is 2.94. The molecule has 6 nitrogen and oxygen atoms in total. The first-order valence-corrected chi connectivity index (χ1v) is 5.43. The lowest BCUT2D eigenvalue weighted by atomic mass is 9.95. The highest BCUT2D eigenvalue weighted by atomic mass is 16.7. The second-order valence-electron chi connectivity index (χ2n) is 4.05.